The second kappa shape index (κ2) is 8.31. The van der Waals surface area contributed by atoms with Crippen LogP contribution in [0.3, 0.4) is 0 Å². The van der Waals surface area contributed by atoms with Crippen molar-refractivity contribution in [2.45, 2.75) is 0 Å². The predicted octanol–water partition coefficient (Wildman–Crippen LogP) is -5.89. The molecule has 0 aliphatic carbocycles. The van der Waals surface area contributed by atoms with E-state index in [4.69, 9.17) is 0 Å². The fourth-order valence-electron chi connectivity index (χ4n) is 1.08. The molecule has 2 heterocycles. The van der Waals surface area contributed by atoms with Gasteiger partial charge in [-0.05, 0) is 23.5 Å². The van der Waals surface area contributed by atoms with E-state index in [2.05, 4.69) is 9.97 Å². The number of aromatic carboxylic acids is 2. The molecule has 0 amide bonds. The Balaban J connectivity index is 0.000000403. The van der Waals surface area contributed by atoms with Crippen LogP contribution in [0.2, 0.25) is 0 Å². The van der Waals surface area contributed by atoms with Gasteiger partial charge in [-0.3, -0.25) is 19.2 Å². The number of aromatic amines is 2. The molecule has 0 atom stereocenters. The van der Waals surface area contributed by atoms with E-state index in [1.54, 1.807) is 9.97 Å². The number of carbonyl (C=O) groups excluding carboxylic acids is 2. The van der Waals surface area contributed by atoms with Crippen LogP contribution >= 0.6 is 0 Å². The van der Waals surface area contributed by atoms with Crippen LogP contribution in [-0.4, -0.2) is 21.9 Å². The minimum absolute atomic E-state index is 0. The van der Waals surface area contributed by atoms with Crippen LogP contribution in [0.15, 0.2) is 31.3 Å². The molecule has 0 fully saturated rings. The van der Waals surface area contributed by atoms with Crippen molar-refractivity contribution < 1.29 is 36.9 Å². The van der Waals surface area contributed by atoms with Crippen molar-refractivity contribution in [2.24, 2.45) is 0 Å². The zero-order chi connectivity index (χ0) is 16.9. The number of H-pyrrole nitrogens is 2. The van der Waals surface area contributed by atoms with Gasteiger partial charge in [0.1, 0.15) is 0 Å². The number of rotatable bonds is 2. The van der Waals surface area contributed by atoms with Gasteiger partial charge in [-0.2, -0.15) is 0 Å². The summed E-state index contributed by atoms with van der Waals surface area (Å²) >= 11 is 0. The smallest absolute Gasteiger partial charge is 0.545 e. The molecule has 0 bridgehead atoms. The van der Waals surface area contributed by atoms with E-state index in [1.165, 1.54) is 0 Å². The Hall–Kier alpha value is -3.18. The first-order valence-corrected chi connectivity index (χ1v) is 5.18. The van der Waals surface area contributed by atoms with Crippen molar-refractivity contribution >= 4 is 11.9 Å². The van der Waals surface area contributed by atoms with Crippen LogP contribution in [0.25, 0.3) is 0 Å². The molecule has 0 saturated heterocycles. The number of hydrogen-bond donors (Lipinski definition) is 2. The number of carboxylic acid groups (broad SMARTS) is 2. The first-order valence-electron chi connectivity index (χ1n) is 5.18. The second-order valence-electron chi connectivity index (χ2n) is 3.45. The maximum atomic E-state index is 10.4. The molecule has 12 nitrogen and oxygen atoms in total. The normalized spacial score (nSPS) is 9.04. The summed E-state index contributed by atoms with van der Waals surface area (Å²) in [6.45, 7) is 0. The molecule has 0 aliphatic rings. The Morgan fingerprint density at radius 2 is 1.09 bits per heavy atom. The molecule has 0 aromatic carbocycles. The fraction of sp³-hybridized carbons (Fsp3) is 0. The van der Waals surface area contributed by atoms with Crippen molar-refractivity contribution in [3.63, 3.8) is 0 Å². The Labute approximate surface area is 134 Å². The largest absolute Gasteiger partial charge is 2.00 e. The van der Waals surface area contributed by atoms with Gasteiger partial charge in [-0.15, -0.1) is 0 Å². The van der Waals surface area contributed by atoms with Crippen LogP contribution < -0.4 is 42.7 Å². The molecule has 0 saturated carbocycles. The van der Waals surface area contributed by atoms with E-state index in [0.717, 1.165) is 0 Å². The third-order valence-electron chi connectivity index (χ3n) is 1.86. The van der Waals surface area contributed by atoms with Crippen LogP contribution in [0.5, 0.6) is 0 Å². The number of aromatic nitrogens is 4. The first kappa shape index (κ1) is 19.8. The molecule has 1 radical (unpaired) electrons. The molecule has 2 aromatic heterocycles. The predicted molar refractivity (Wildman–Crippen MR) is 62.0 cm³/mol. The average Bonchev–Trinajstić information content (AvgIpc) is 2.37. The quantitative estimate of drug-likeness (QED) is 0.477. The first-order chi connectivity index (χ1) is 10.2. The van der Waals surface area contributed by atoms with E-state index in [-0.39, 0.29) is 17.1 Å². The zero-order valence-electron chi connectivity index (χ0n) is 10.6. The summed E-state index contributed by atoms with van der Waals surface area (Å²) in [7, 11) is 0. The molecule has 23 heavy (non-hydrogen) atoms. The number of carboxylic acids is 2. The van der Waals surface area contributed by atoms with E-state index in [9.17, 15) is 39.0 Å². The van der Waals surface area contributed by atoms with E-state index in [1.807, 2.05) is 0 Å². The third kappa shape index (κ3) is 6.41. The van der Waals surface area contributed by atoms with Gasteiger partial charge in [0, 0.05) is 0 Å². The van der Waals surface area contributed by atoms with Gasteiger partial charge in [0.05, 0.1) is 11.9 Å². The molecular formula is C10H4CuN4O8-2. The Kier molecular flexibility index (Phi) is 7.16. The Bertz CT molecular complexity index is 803. The number of carbonyl (C=O) groups is 2. The molecule has 2 N–H and O–H groups in total. The van der Waals surface area contributed by atoms with Gasteiger partial charge in [0.2, 0.25) is 0 Å². The van der Waals surface area contributed by atoms with Gasteiger partial charge in [-0.25, -0.2) is 0 Å². The van der Waals surface area contributed by atoms with Gasteiger partial charge in [0.15, 0.2) is 22.5 Å². The summed E-state index contributed by atoms with van der Waals surface area (Å²) in [5.41, 5.74) is -4.89. The van der Waals surface area contributed by atoms with Crippen LogP contribution in [0.1, 0.15) is 21.0 Å². The maximum absolute atomic E-state index is 10.4. The summed E-state index contributed by atoms with van der Waals surface area (Å²) in [4.78, 5) is 71.1. The molecule has 2 aromatic rings. The Morgan fingerprint density at radius 3 is 1.30 bits per heavy atom. The number of hydrogen-bond acceptors (Lipinski definition) is 8. The minimum atomic E-state index is -1.65. The zero-order valence-corrected chi connectivity index (χ0v) is 11.6. The standard InChI is InChI=1S/2C5H4N2O4.Cu/c2*8-3-1-2(4(9)10)6-5(11)7-3;/h2*1H,(H3,6,7,8,9,10,11);/q;;+2/p-4. The molecule has 0 unspecified atom stereocenters. The molecule has 0 spiro atoms. The van der Waals surface area contributed by atoms with Crippen molar-refractivity contribution in [2.75, 3.05) is 0 Å². The average molecular weight is 372 g/mol. The summed E-state index contributed by atoms with van der Waals surface area (Å²) in [6.07, 6.45) is 0. The van der Waals surface area contributed by atoms with E-state index < -0.39 is 45.8 Å². The van der Waals surface area contributed by atoms with Crippen molar-refractivity contribution in [3.05, 3.63) is 65.2 Å². The SMILES string of the molecule is O=C([O-])c1cc(=O)[nH]c(=O)[n-]1.O=C([O-])c1cc(=O)[nH]c(=O)[n-]1.[Cu+2]. The minimum Gasteiger partial charge on any atom is -0.545 e. The van der Waals surface area contributed by atoms with Crippen molar-refractivity contribution in [3.8, 4) is 0 Å². The number of nitrogens with zero attached hydrogens (tertiary/aromatic N) is 2. The van der Waals surface area contributed by atoms with Crippen molar-refractivity contribution in [1.82, 2.24) is 19.9 Å². The van der Waals surface area contributed by atoms with Crippen molar-refractivity contribution in [1.29, 1.82) is 0 Å². The van der Waals surface area contributed by atoms with Gasteiger partial charge < -0.3 is 39.7 Å². The van der Waals surface area contributed by atoms with Crippen LogP contribution in [0, 0.1) is 0 Å². The van der Waals surface area contributed by atoms with E-state index >= 15 is 0 Å². The third-order valence-corrected chi connectivity index (χ3v) is 1.86. The molecular weight excluding hydrogens is 368 g/mol. The van der Waals surface area contributed by atoms with Crippen LogP contribution in [-0.2, 0) is 17.1 Å². The molecule has 13 heteroatoms. The summed E-state index contributed by atoms with van der Waals surface area (Å²) in [5.74, 6) is -3.29. The van der Waals surface area contributed by atoms with Crippen LogP contribution in [0.4, 0.5) is 0 Å². The monoisotopic (exact) mass is 371 g/mol. The summed E-state index contributed by atoms with van der Waals surface area (Å²) in [5, 5.41) is 20.1. The summed E-state index contributed by atoms with van der Waals surface area (Å²) < 4.78 is 0. The van der Waals surface area contributed by atoms with Gasteiger partial charge in [0.25, 0.3) is 0 Å². The molecule has 125 valence electrons. The second-order valence-corrected chi connectivity index (χ2v) is 3.45. The maximum Gasteiger partial charge on any atom is 2.00 e. The van der Waals surface area contributed by atoms with E-state index in [0.29, 0.717) is 12.1 Å². The molecule has 0 aliphatic heterocycles. The topological polar surface area (TPSA) is 208 Å². The number of nitrogens with one attached hydrogen (secondary N) is 2. The summed E-state index contributed by atoms with van der Waals surface area (Å²) in [6, 6.07) is 1.35. The fourth-order valence-corrected chi connectivity index (χ4v) is 1.08. The van der Waals surface area contributed by atoms with Gasteiger partial charge in [-0.1, -0.05) is 0 Å². The Morgan fingerprint density at radius 1 is 0.783 bits per heavy atom. The van der Waals surface area contributed by atoms with Gasteiger partial charge >= 0.3 is 17.1 Å². The molecule has 2 rings (SSSR count).